The standard InChI is InChI=1S/C14H26NO2/c1-11-10-15(5,6)12(2)9-14(11,17)8-7-13(3,4)16/h11-12,16-17H,9-10H2,1-6H3/q+1/t11-,12+,14-/m1/s1. The van der Waals surface area contributed by atoms with Gasteiger partial charge in [0, 0.05) is 12.3 Å². The summed E-state index contributed by atoms with van der Waals surface area (Å²) in [4.78, 5) is 0. The topological polar surface area (TPSA) is 40.5 Å². The highest BCUT2D eigenvalue weighted by molar-refractivity contribution is 5.21. The van der Waals surface area contributed by atoms with E-state index >= 15 is 0 Å². The van der Waals surface area contributed by atoms with Crippen molar-refractivity contribution in [3.63, 3.8) is 0 Å². The van der Waals surface area contributed by atoms with Crippen molar-refractivity contribution in [2.75, 3.05) is 20.6 Å². The first-order valence-corrected chi connectivity index (χ1v) is 6.28. The van der Waals surface area contributed by atoms with E-state index in [0.717, 1.165) is 11.0 Å². The van der Waals surface area contributed by atoms with Crippen LogP contribution in [0.25, 0.3) is 0 Å². The third-order valence-electron chi connectivity index (χ3n) is 3.94. The molecular formula is C14H26NO2+. The van der Waals surface area contributed by atoms with Crippen molar-refractivity contribution in [1.29, 1.82) is 0 Å². The average molecular weight is 240 g/mol. The molecule has 1 fully saturated rings. The number of aliphatic hydroxyl groups is 2. The Balaban J connectivity index is 2.94. The molecule has 1 saturated heterocycles. The van der Waals surface area contributed by atoms with Gasteiger partial charge in [-0.3, -0.25) is 0 Å². The van der Waals surface area contributed by atoms with Gasteiger partial charge in [0.1, 0.15) is 11.2 Å². The number of hydrogen-bond donors (Lipinski definition) is 2. The second kappa shape index (κ2) is 4.28. The first-order valence-electron chi connectivity index (χ1n) is 6.28. The number of hydrogen-bond acceptors (Lipinski definition) is 2. The van der Waals surface area contributed by atoms with Gasteiger partial charge in [0.15, 0.2) is 0 Å². The lowest BCUT2D eigenvalue weighted by atomic mass is 9.78. The van der Waals surface area contributed by atoms with Crippen molar-refractivity contribution in [2.45, 2.75) is 51.4 Å². The monoisotopic (exact) mass is 240 g/mol. The molecule has 0 spiro atoms. The molecule has 0 saturated carbocycles. The van der Waals surface area contributed by atoms with Crippen LogP contribution in [0.2, 0.25) is 0 Å². The maximum atomic E-state index is 10.6. The van der Waals surface area contributed by atoms with Crippen molar-refractivity contribution in [1.82, 2.24) is 0 Å². The summed E-state index contributed by atoms with van der Waals surface area (Å²) in [5.41, 5.74) is -2.01. The number of likely N-dealkylation sites (tertiary alicyclic amines) is 1. The first-order chi connectivity index (χ1) is 7.46. The molecule has 0 amide bonds. The summed E-state index contributed by atoms with van der Waals surface area (Å²) in [5, 5.41) is 20.2. The minimum atomic E-state index is -1.04. The molecular weight excluding hydrogens is 214 g/mol. The largest absolute Gasteiger partial charge is 0.378 e. The van der Waals surface area contributed by atoms with Gasteiger partial charge in [0.05, 0.1) is 26.7 Å². The van der Waals surface area contributed by atoms with Gasteiger partial charge < -0.3 is 14.7 Å². The van der Waals surface area contributed by atoms with Crippen LogP contribution >= 0.6 is 0 Å². The Kier molecular flexibility index (Phi) is 3.65. The lowest BCUT2D eigenvalue weighted by molar-refractivity contribution is -0.923. The molecule has 1 rings (SSSR count). The molecule has 2 N–H and O–H groups in total. The Bertz CT molecular complexity index is 345. The lowest BCUT2D eigenvalue weighted by Crippen LogP contribution is -2.61. The van der Waals surface area contributed by atoms with E-state index in [1.165, 1.54) is 0 Å². The Morgan fingerprint density at radius 3 is 2.29 bits per heavy atom. The smallest absolute Gasteiger partial charge is 0.139 e. The summed E-state index contributed by atoms with van der Waals surface area (Å²) in [6.07, 6.45) is 0.657. The lowest BCUT2D eigenvalue weighted by Gasteiger charge is -2.48. The minimum absolute atomic E-state index is 0.114. The van der Waals surface area contributed by atoms with Crippen LogP contribution in [0, 0.1) is 17.8 Å². The number of quaternary nitrogens is 1. The van der Waals surface area contributed by atoms with Crippen LogP contribution < -0.4 is 0 Å². The predicted molar refractivity (Wildman–Crippen MR) is 69.2 cm³/mol. The van der Waals surface area contributed by atoms with E-state index in [1.807, 2.05) is 6.92 Å². The Morgan fingerprint density at radius 2 is 1.82 bits per heavy atom. The van der Waals surface area contributed by atoms with Crippen LogP contribution in [-0.2, 0) is 0 Å². The van der Waals surface area contributed by atoms with Crippen molar-refractivity contribution < 1.29 is 14.7 Å². The van der Waals surface area contributed by atoms with Crippen molar-refractivity contribution in [2.24, 2.45) is 5.92 Å². The van der Waals surface area contributed by atoms with Crippen molar-refractivity contribution in [3.8, 4) is 11.8 Å². The van der Waals surface area contributed by atoms with Gasteiger partial charge in [0.25, 0.3) is 0 Å². The van der Waals surface area contributed by atoms with Gasteiger partial charge in [0.2, 0.25) is 0 Å². The molecule has 0 radical (unpaired) electrons. The zero-order valence-corrected chi connectivity index (χ0v) is 11.9. The van der Waals surface area contributed by atoms with Gasteiger partial charge >= 0.3 is 0 Å². The van der Waals surface area contributed by atoms with E-state index in [9.17, 15) is 10.2 Å². The fourth-order valence-electron chi connectivity index (χ4n) is 2.37. The van der Waals surface area contributed by atoms with Crippen molar-refractivity contribution >= 4 is 0 Å². The van der Waals surface area contributed by atoms with Gasteiger partial charge in [-0.05, 0) is 20.8 Å². The average Bonchev–Trinajstić information content (AvgIpc) is 2.11. The molecule has 0 unspecified atom stereocenters. The molecule has 1 aliphatic rings. The Hall–Kier alpha value is -0.560. The summed E-state index contributed by atoms with van der Waals surface area (Å²) in [6, 6.07) is 0.368. The van der Waals surface area contributed by atoms with E-state index in [4.69, 9.17) is 0 Å². The SMILES string of the molecule is C[C@@H]1C[N+](C)(C)[C@@H](C)C[C@]1(O)C#CC(C)(C)O. The molecule has 17 heavy (non-hydrogen) atoms. The molecule has 3 heteroatoms. The zero-order chi connectivity index (χ0) is 13.5. The van der Waals surface area contributed by atoms with Crippen LogP contribution in [0.3, 0.4) is 0 Å². The zero-order valence-electron chi connectivity index (χ0n) is 11.9. The van der Waals surface area contributed by atoms with Crippen LogP contribution in [0.1, 0.15) is 34.1 Å². The van der Waals surface area contributed by atoms with Gasteiger partial charge in [-0.15, -0.1) is 0 Å². The summed E-state index contributed by atoms with van der Waals surface area (Å²) in [5.74, 6) is 5.77. The highest BCUT2D eigenvalue weighted by Crippen LogP contribution is 2.33. The summed E-state index contributed by atoms with van der Waals surface area (Å²) < 4.78 is 0.910. The van der Waals surface area contributed by atoms with E-state index < -0.39 is 11.2 Å². The Morgan fingerprint density at radius 1 is 1.29 bits per heavy atom. The van der Waals surface area contributed by atoms with E-state index in [-0.39, 0.29) is 5.92 Å². The van der Waals surface area contributed by atoms with E-state index in [1.54, 1.807) is 13.8 Å². The second-order valence-corrected chi connectivity index (χ2v) is 6.65. The van der Waals surface area contributed by atoms with Crippen LogP contribution in [0.4, 0.5) is 0 Å². The molecule has 0 aromatic heterocycles. The maximum Gasteiger partial charge on any atom is 0.139 e. The number of rotatable bonds is 0. The first kappa shape index (κ1) is 14.5. The molecule has 0 aromatic rings. The van der Waals surface area contributed by atoms with Gasteiger partial charge in [-0.25, -0.2) is 0 Å². The minimum Gasteiger partial charge on any atom is -0.378 e. The van der Waals surface area contributed by atoms with Crippen molar-refractivity contribution in [3.05, 3.63) is 0 Å². The highest BCUT2D eigenvalue weighted by atomic mass is 16.3. The molecule has 0 bridgehead atoms. The fourth-order valence-corrected chi connectivity index (χ4v) is 2.37. The summed E-state index contributed by atoms with van der Waals surface area (Å²) >= 11 is 0. The molecule has 0 aliphatic carbocycles. The third kappa shape index (κ3) is 3.45. The van der Waals surface area contributed by atoms with E-state index in [0.29, 0.717) is 12.5 Å². The molecule has 1 aliphatic heterocycles. The van der Waals surface area contributed by atoms with Gasteiger partial charge in [-0.2, -0.15) is 0 Å². The molecule has 1 heterocycles. The highest BCUT2D eigenvalue weighted by Gasteiger charge is 2.46. The fraction of sp³-hybridized carbons (Fsp3) is 0.857. The third-order valence-corrected chi connectivity index (χ3v) is 3.94. The number of nitrogens with zero attached hydrogens (tertiary/aromatic N) is 1. The molecule has 3 nitrogen and oxygen atoms in total. The van der Waals surface area contributed by atoms with Crippen LogP contribution in [-0.4, -0.2) is 52.6 Å². The normalized spacial score (nSPS) is 37.2. The quantitative estimate of drug-likeness (QED) is 0.490. The Labute approximate surface area is 105 Å². The summed E-state index contributed by atoms with van der Waals surface area (Å²) in [6.45, 7) is 8.35. The van der Waals surface area contributed by atoms with Gasteiger partial charge in [-0.1, -0.05) is 18.8 Å². The predicted octanol–water partition coefficient (Wildman–Crippen LogP) is 0.996. The van der Waals surface area contributed by atoms with E-state index in [2.05, 4.69) is 32.9 Å². The molecule has 3 atom stereocenters. The molecule has 98 valence electrons. The van der Waals surface area contributed by atoms with Crippen LogP contribution in [0.5, 0.6) is 0 Å². The van der Waals surface area contributed by atoms with Crippen LogP contribution in [0.15, 0.2) is 0 Å². The molecule has 0 aromatic carbocycles. The maximum absolute atomic E-state index is 10.6. The number of piperidine rings is 1. The summed E-state index contributed by atoms with van der Waals surface area (Å²) in [7, 11) is 4.37. The second-order valence-electron chi connectivity index (χ2n) is 6.65.